The third-order valence-electron chi connectivity index (χ3n) is 3.82. The Bertz CT molecular complexity index is 1130. The van der Waals surface area contributed by atoms with Gasteiger partial charge in [0.15, 0.2) is 11.5 Å². The number of thiophene rings is 1. The summed E-state index contributed by atoms with van der Waals surface area (Å²) in [5.41, 5.74) is 0.911. The number of hydrogen-bond acceptors (Lipinski definition) is 8. The zero-order valence-electron chi connectivity index (χ0n) is 15.5. The Kier molecular flexibility index (Phi) is 6.01. The van der Waals surface area contributed by atoms with Crippen molar-refractivity contribution in [3.63, 3.8) is 0 Å². The van der Waals surface area contributed by atoms with E-state index < -0.39 is 15.9 Å². The van der Waals surface area contributed by atoms with Gasteiger partial charge in [-0.2, -0.15) is 5.10 Å². The molecule has 1 aromatic carbocycles. The minimum Gasteiger partial charge on any atom is -0.493 e. The summed E-state index contributed by atoms with van der Waals surface area (Å²) in [5.74, 6) is 0.370. The van der Waals surface area contributed by atoms with Crippen molar-refractivity contribution in [3.05, 3.63) is 40.4 Å². The number of nitrogens with one attached hydrogen (secondary N) is 2. The molecule has 0 radical (unpaired) electrons. The number of rotatable bonds is 7. The summed E-state index contributed by atoms with van der Waals surface area (Å²) in [4.78, 5) is 12.4. The molecule has 0 fully saturated rings. The van der Waals surface area contributed by atoms with E-state index in [-0.39, 0.29) is 9.90 Å². The Morgan fingerprint density at radius 2 is 1.76 bits per heavy atom. The third kappa shape index (κ3) is 4.31. The second kappa shape index (κ2) is 8.31. The molecule has 2 aromatic heterocycles. The number of H-pyrrole nitrogens is 1. The van der Waals surface area contributed by atoms with Crippen LogP contribution >= 0.6 is 22.9 Å². The van der Waals surface area contributed by atoms with Crippen LogP contribution in [0.3, 0.4) is 0 Å². The van der Waals surface area contributed by atoms with Crippen LogP contribution in [0.2, 0.25) is 4.34 Å². The van der Waals surface area contributed by atoms with Crippen molar-refractivity contribution in [1.82, 2.24) is 14.9 Å². The normalized spacial score (nSPS) is 11.2. The maximum absolute atomic E-state index is 12.4. The Balaban J connectivity index is 1.88. The van der Waals surface area contributed by atoms with Crippen LogP contribution in [-0.2, 0) is 10.0 Å². The lowest BCUT2D eigenvalue weighted by Crippen LogP contribution is -2.30. The van der Waals surface area contributed by atoms with E-state index in [9.17, 15) is 13.2 Å². The number of amides is 1. The number of nitrogens with zero attached hydrogens (tertiary/aromatic N) is 1. The van der Waals surface area contributed by atoms with Crippen molar-refractivity contribution in [2.75, 3.05) is 21.3 Å². The van der Waals surface area contributed by atoms with Gasteiger partial charge in [0, 0.05) is 5.56 Å². The molecule has 2 heterocycles. The summed E-state index contributed by atoms with van der Waals surface area (Å²) in [7, 11) is 0.399. The number of hydrogen-bond donors (Lipinski definition) is 2. The number of sulfonamides is 1. The molecule has 0 saturated heterocycles. The summed E-state index contributed by atoms with van der Waals surface area (Å²) in [6.45, 7) is 0. The summed E-state index contributed by atoms with van der Waals surface area (Å²) >= 11 is 6.60. The molecular weight excluding hydrogens is 442 g/mol. The molecule has 0 spiro atoms. The fourth-order valence-corrected chi connectivity index (χ4v) is 4.93. The number of ether oxygens (including phenoxy) is 3. The van der Waals surface area contributed by atoms with Gasteiger partial charge in [0.25, 0.3) is 15.9 Å². The van der Waals surface area contributed by atoms with Crippen LogP contribution < -0.4 is 18.9 Å². The van der Waals surface area contributed by atoms with Gasteiger partial charge in [-0.1, -0.05) is 11.6 Å². The fourth-order valence-electron chi connectivity index (χ4n) is 2.48. The van der Waals surface area contributed by atoms with Gasteiger partial charge < -0.3 is 14.2 Å². The third-order valence-corrected chi connectivity index (χ3v) is 6.88. The van der Waals surface area contributed by atoms with Gasteiger partial charge in [-0.3, -0.25) is 9.89 Å². The minimum absolute atomic E-state index is 0.0417. The van der Waals surface area contributed by atoms with Crippen LogP contribution in [0.15, 0.2) is 34.5 Å². The van der Waals surface area contributed by atoms with Crippen molar-refractivity contribution in [2.45, 2.75) is 4.21 Å². The number of methoxy groups -OCH3 is 3. The van der Waals surface area contributed by atoms with Gasteiger partial charge in [-0.25, -0.2) is 13.1 Å². The zero-order valence-corrected chi connectivity index (χ0v) is 17.9. The van der Waals surface area contributed by atoms with Crippen LogP contribution in [-0.4, -0.2) is 45.9 Å². The number of carbonyl (C=O) groups excluding carboxylic acids is 1. The predicted molar refractivity (Wildman–Crippen MR) is 108 cm³/mol. The lowest BCUT2D eigenvalue weighted by Gasteiger charge is -2.13. The first-order chi connectivity index (χ1) is 13.8. The Morgan fingerprint density at radius 1 is 1.10 bits per heavy atom. The molecule has 0 aliphatic heterocycles. The highest BCUT2D eigenvalue weighted by molar-refractivity contribution is 7.92. The van der Waals surface area contributed by atoms with Crippen molar-refractivity contribution < 1.29 is 27.4 Å². The van der Waals surface area contributed by atoms with Crippen molar-refractivity contribution >= 4 is 38.9 Å². The van der Waals surface area contributed by atoms with Crippen LogP contribution in [0, 0.1) is 0 Å². The molecule has 29 heavy (non-hydrogen) atoms. The summed E-state index contributed by atoms with van der Waals surface area (Å²) < 4.78 is 42.6. The van der Waals surface area contributed by atoms with E-state index in [1.807, 2.05) is 4.72 Å². The number of aromatic nitrogens is 2. The molecule has 9 nitrogen and oxygen atoms in total. The maximum Gasteiger partial charge on any atom is 0.283 e. The van der Waals surface area contributed by atoms with Crippen LogP contribution in [0.25, 0.3) is 11.3 Å². The molecule has 2 N–H and O–H groups in total. The predicted octanol–water partition coefficient (Wildman–Crippen LogP) is 2.94. The summed E-state index contributed by atoms with van der Waals surface area (Å²) in [6, 6.07) is 7.47. The van der Waals surface area contributed by atoms with Crippen LogP contribution in [0.1, 0.15) is 10.5 Å². The van der Waals surface area contributed by atoms with Crippen molar-refractivity contribution in [3.8, 4) is 28.5 Å². The van der Waals surface area contributed by atoms with E-state index in [4.69, 9.17) is 25.8 Å². The summed E-state index contributed by atoms with van der Waals surface area (Å²) in [6.07, 6.45) is 0. The Labute approximate surface area is 175 Å². The first-order valence-electron chi connectivity index (χ1n) is 7.97. The van der Waals surface area contributed by atoms with Gasteiger partial charge >= 0.3 is 0 Å². The van der Waals surface area contributed by atoms with Crippen molar-refractivity contribution in [2.24, 2.45) is 0 Å². The highest BCUT2D eigenvalue weighted by Gasteiger charge is 2.23. The van der Waals surface area contributed by atoms with Crippen LogP contribution in [0.4, 0.5) is 0 Å². The van der Waals surface area contributed by atoms with E-state index in [2.05, 4.69) is 10.2 Å². The van der Waals surface area contributed by atoms with E-state index in [0.717, 1.165) is 11.3 Å². The monoisotopic (exact) mass is 457 g/mol. The molecule has 12 heteroatoms. The summed E-state index contributed by atoms with van der Waals surface area (Å²) in [5, 5.41) is 6.59. The van der Waals surface area contributed by atoms with Crippen molar-refractivity contribution in [1.29, 1.82) is 0 Å². The maximum atomic E-state index is 12.4. The number of benzene rings is 1. The molecule has 3 aromatic rings. The lowest BCUT2D eigenvalue weighted by atomic mass is 10.1. The molecule has 0 aliphatic rings. The highest BCUT2D eigenvalue weighted by Crippen LogP contribution is 2.40. The molecule has 154 valence electrons. The number of aromatic amines is 1. The first kappa shape index (κ1) is 21.0. The largest absolute Gasteiger partial charge is 0.493 e. The van der Waals surface area contributed by atoms with Gasteiger partial charge in [0.1, 0.15) is 9.90 Å². The Morgan fingerprint density at radius 3 is 2.28 bits per heavy atom. The molecule has 1 amide bonds. The smallest absolute Gasteiger partial charge is 0.283 e. The molecule has 0 atom stereocenters. The molecule has 0 bridgehead atoms. The van der Waals surface area contributed by atoms with Gasteiger partial charge in [0.2, 0.25) is 5.75 Å². The average Bonchev–Trinajstić information content (AvgIpc) is 3.36. The van der Waals surface area contributed by atoms with E-state index in [1.165, 1.54) is 39.5 Å². The molecular formula is C17H16ClN3O6S2. The van der Waals surface area contributed by atoms with Crippen LogP contribution in [0.5, 0.6) is 17.2 Å². The Hall–Kier alpha value is -2.76. The van der Waals surface area contributed by atoms with E-state index in [0.29, 0.717) is 32.8 Å². The highest BCUT2D eigenvalue weighted by atomic mass is 35.5. The van der Waals surface area contributed by atoms with Gasteiger partial charge in [-0.05, 0) is 30.3 Å². The quantitative estimate of drug-likeness (QED) is 0.559. The molecule has 0 unspecified atom stereocenters. The average molecular weight is 458 g/mol. The van der Waals surface area contributed by atoms with E-state index >= 15 is 0 Å². The second-order valence-electron chi connectivity index (χ2n) is 5.57. The molecule has 3 rings (SSSR count). The first-order valence-corrected chi connectivity index (χ1v) is 10.6. The number of halogens is 1. The number of carbonyl (C=O) groups is 1. The lowest BCUT2D eigenvalue weighted by molar-refractivity contribution is 0.0976. The van der Waals surface area contributed by atoms with E-state index in [1.54, 1.807) is 12.1 Å². The molecule has 0 saturated carbocycles. The SMILES string of the molecule is COc1cc(-c2cc(C(=O)NS(=O)(=O)c3ccc(Cl)s3)[nH]n2)cc(OC)c1OC. The minimum atomic E-state index is -4.04. The second-order valence-corrected chi connectivity index (χ2v) is 9.20. The van der Waals surface area contributed by atoms with Gasteiger partial charge in [0.05, 0.1) is 31.4 Å². The molecule has 0 aliphatic carbocycles. The van der Waals surface area contributed by atoms with Gasteiger partial charge in [-0.15, -0.1) is 11.3 Å². The topological polar surface area (TPSA) is 120 Å². The standard InChI is InChI=1S/C17H16ClN3O6S2/c1-25-12-6-9(7-13(26-2)16(12)27-3)10-8-11(20-19-10)17(22)21-29(23,24)15-5-4-14(18)28-15/h4-8H,1-3H3,(H,19,20)(H,21,22). The zero-order chi connectivity index (χ0) is 21.2. The fraction of sp³-hybridized carbons (Fsp3) is 0.176.